The van der Waals surface area contributed by atoms with Gasteiger partial charge in [0.15, 0.2) is 6.10 Å². The molecule has 0 saturated carbocycles. The Labute approximate surface area is 343 Å². The minimum atomic E-state index is -4.39. The summed E-state index contributed by atoms with van der Waals surface area (Å²) in [6.45, 7) is 4.32. The molecule has 10 heteroatoms. The highest BCUT2D eigenvalue weighted by molar-refractivity contribution is 7.47. The topological polar surface area (TPSA) is 108 Å². The van der Waals surface area contributed by atoms with Gasteiger partial charge in [-0.05, 0) is 64.2 Å². The predicted molar refractivity (Wildman–Crippen MR) is 233 cm³/mol. The third-order valence-corrected chi connectivity index (χ3v) is 10.3. The molecule has 0 aromatic carbocycles. The molecule has 0 aromatic heterocycles. The molecule has 0 amide bonds. The zero-order valence-corrected chi connectivity index (χ0v) is 37.5. The van der Waals surface area contributed by atoms with Crippen LogP contribution in [0.4, 0.5) is 0 Å². The number of carbonyl (C=O) groups is 2. The molecule has 0 radical (unpaired) electrons. The summed E-state index contributed by atoms with van der Waals surface area (Å²) >= 11 is 0. The van der Waals surface area contributed by atoms with Crippen LogP contribution in [0.25, 0.3) is 0 Å². The molecule has 0 aliphatic heterocycles. The van der Waals surface area contributed by atoms with Crippen molar-refractivity contribution in [1.29, 1.82) is 0 Å². The van der Waals surface area contributed by atoms with Gasteiger partial charge in [0.2, 0.25) is 0 Å². The number of ether oxygens (including phenoxy) is 2. The van der Waals surface area contributed by atoms with E-state index in [0.717, 1.165) is 51.4 Å². The SMILES string of the molecule is CCCCC/C=C/C/C=C/C/C=C/CCCCCCC(=O)OC[C@H](COP(=O)(O)OCC[N+](C)(C)C)OC(=O)CC/C=C/CCCCCCCCCCCCC. The lowest BCUT2D eigenvalue weighted by Gasteiger charge is -2.24. The molecular formula is C46H85NO8P+. The van der Waals surface area contributed by atoms with Crippen LogP contribution < -0.4 is 0 Å². The van der Waals surface area contributed by atoms with Gasteiger partial charge in [0, 0.05) is 12.8 Å². The number of rotatable bonds is 40. The van der Waals surface area contributed by atoms with Crippen molar-refractivity contribution < 1.29 is 42.1 Å². The van der Waals surface area contributed by atoms with E-state index in [9.17, 15) is 19.0 Å². The van der Waals surface area contributed by atoms with E-state index in [1.807, 2.05) is 27.2 Å². The number of likely N-dealkylation sites (N-methyl/N-ethyl adjacent to an activating group) is 1. The minimum Gasteiger partial charge on any atom is -0.462 e. The van der Waals surface area contributed by atoms with E-state index >= 15 is 0 Å². The van der Waals surface area contributed by atoms with Gasteiger partial charge < -0.3 is 18.9 Å². The van der Waals surface area contributed by atoms with Crippen molar-refractivity contribution in [3.8, 4) is 0 Å². The summed E-state index contributed by atoms with van der Waals surface area (Å²) in [5.74, 6) is -0.881. The lowest BCUT2D eigenvalue weighted by Crippen LogP contribution is -2.37. The van der Waals surface area contributed by atoms with Gasteiger partial charge in [-0.25, -0.2) is 4.57 Å². The van der Waals surface area contributed by atoms with Gasteiger partial charge in [-0.1, -0.05) is 152 Å². The highest BCUT2D eigenvalue weighted by Crippen LogP contribution is 2.43. The van der Waals surface area contributed by atoms with Crippen molar-refractivity contribution in [2.24, 2.45) is 0 Å². The van der Waals surface area contributed by atoms with Crippen molar-refractivity contribution in [1.82, 2.24) is 0 Å². The van der Waals surface area contributed by atoms with E-state index in [0.29, 0.717) is 23.9 Å². The quantitative estimate of drug-likeness (QED) is 0.0214. The van der Waals surface area contributed by atoms with Crippen LogP contribution in [0.5, 0.6) is 0 Å². The Kier molecular flexibility index (Phi) is 37.1. The van der Waals surface area contributed by atoms with Crippen molar-refractivity contribution in [2.45, 2.75) is 187 Å². The third kappa shape index (κ3) is 41.6. The third-order valence-electron chi connectivity index (χ3n) is 9.34. The van der Waals surface area contributed by atoms with Gasteiger partial charge in [-0.3, -0.25) is 18.6 Å². The van der Waals surface area contributed by atoms with Crippen molar-refractivity contribution >= 4 is 19.8 Å². The summed E-state index contributed by atoms with van der Waals surface area (Å²) in [6.07, 6.45) is 44.5. The van der Waals surface area contributed by atoms with Crippen molar-refractivity contribution in [2.75, 3.05) is 47.5 Å². The number of hydrogen-bond acceptors (Lipinski definition) is 7. The number of phosphoric ester groups is 1. The van der Waals surface area contributed by atoms with Crippen LogP contribution in [-0.2, 0) is 32.7 Å². The van der Waals surface area contributed by atoms with E-state index in [2.05, 4.69) is 56.4 Å². The molecule has 1 N–H and O–H groups in total. The van der Waals surface area contributed by atoms with E-state index in [1.165, 1.54) is 89.9 Å². The Morgan fingerprint density at radius 1 is 0.554 bits per heavy atom. The molecule has 0 aliphatic rings. The molecule has 9 nitrogen and oxygen atoms in total. The Hall–Kier alpha value is -2.03. The maximum absolute atomic E-state index is 12.7. The average Bonchev–Trinajstić information content (AvgIpc) is 3.15. The molecule has 0 rings (SSSR count). The second kappa shape index (κ2) is 38.5. The van der Waals surface area contributed by atoms with E-state index < -0.39 is 32.5 Å². The van der Waals surface area contributed by atoms with E-state index in [-0.39, 0.29) is 26.1 Å². The van der Waals surface area contributed by atoms with Crippen LogP contribution in [-0.4, -0.2) is 74.9 Å². The van der Waals surface area contributed by atoms with Crippen LogP contribution in [0.15, 0.2) is 48.6 Å². The van der Waals surface area contributed by atoms with Gasteiger partial charge in [0.1, 0.15) is 19.8 Å². The Balaban J connectivity index is 4.43. The van der Waals surface area contributed by atoms with Crippen LogP contribution in [0, 0.1) is 0 Å². The Morgan fingerprint density at radius 2 is 1.00 bits per heavy atom. The molecule has 326 valence electrons. The van der Waals surface area contributed by atoms with Gasteiger partial charge in [-0.2, -0.15) is 0 Å². The number of phosphoric acid groups is 1. The number of unbranched alkanes of at least 4 members (excludes halogenated alkanes) is 18. The van der Waals surface area contributed by atoms with Gasteiger partial charge in [0.05, 0.1) is 27.7 Å². The maximum atomic E-state index is 12.7. The number of carbonyl (C=O) groups excluding carboxylic acids is 2. The first kappa shape index (κ1) is 54.0. The van der Waals surface area contributed by atoms with E-state index in [1.54, 1.807) is 0 Å². The van der Waals surface area contributed by atoms with Crippen LogP contribution in [0.1, 0.15) is 181 Å². The average molecular weight is 811 g/mol. The minimum absolute atomic E-state index is 0.0211. The second-order valence-electron chi connectivity index (χ2n) is 16.1. The van der Waals surface area contributed by atoms with Crippen molar-refractivity contribution in [3.05, 3.63) is 48.6 Å². The fourth-order valence-corrected chi connectivity index (χ4v) is 6.54. The zero-order chi connectivity index (χ0) is 41.4. The predicted octanol–water partition coefficient (Wildman–Crippen LogP) is 12.7. The molecular weight excluding hydrogens is 725 g/mol. The number of nitrogens with zero attached hydrogens (tertiary/aromatic N) is 1. The first-order valence-corrected chi connectivity index (χ1v) is 23.9. The zero-order valence-electron chi connectivity index (χ0n) is 36.6. The molecule has 0 fully saturated rings. The number of allylic oxidation sites excluding steroid dienone is 8. The Bertz CT molecular complexity index is 1100. The normalized spacial score (nSPS) is 14.0. The fraction of sp³-hybridized carbons (Fsp3) is 0.783. The van der Waals surface area contributed by atoms with Crippen LogP contribution in [0.3, 0.4) is 0 Å². The number of esters is 2. The molecule has 2 atom stereocenters. The first-order valence-electron chi connectivity index (χ1n) is 22.4. The second-order valence-corrected chi connectivity index (χ2v) is 17.5. The molecule has 0 saturated heterocycles. The largest absolute Gasteiger partial charge is 0.472 e. The van der Waals surface area contributed by atoms with Crippen molar-refractivity contribution in [3.63, 3.8) is 0 Å². The molecule has 56 heavy (non-hydrogen) atoms. The lowest BCUT2D eigenvalue weighted by atomic mass is 10.1. The lowest BCUT2D eigenvalue weighted by molar-refractivity contribution is -0.870. The summed E-state index contributed by atoms with van der Waals surface area (Å²) < 4.78 is 34.2. The smallest absolute Gasteiger partial charge is 0.462 e. The molecule has 0 bridgehead atoms. The van der Waals surface area contributed by atoms with Gasteiger partial charge in [-0.15, -0.1) is 0 Å². The molecule has 0 aromatic rings. The first-order chi connectivity index (χ1) is 27.0. The monoisotopic (exact) mass is 811 g/mol. The summed E-state index contributed by atoms with van der Waals surface area (Å²) in [5, 5.41) is 0. The van der Waals surface area contributed by atoms with Gasteiger partial charge in [0.25, 0.3) is 0 Å². The highest BCUT2D eigenvalue weighted by Gasteiger charge is 2.27. The summed E-state index contributed by atoms with van der Waals surface area (Å²) in [4.78, 5) is 35.3. The molecule has 1 unspecified atom stereocenters. The molecule has 0 aliphatic carbocycles. The Morgan fingerprint density at radius 3 is 1.55 bits per heavy atom. The summed E-state index contributed by atoms with van der Waals surface area (Å²) in [7, 11) is 1.44. The molecule has 0 heterocycles. The van der Waals surface area contributed by atoms with Crippen LogP contribution >= 0.6 is 7.82 Å². The van der Waals surface area contributed by atoms with E-state index in [4.69, 9.17) is 18.5 Å². The highest BCUT2D eigenvalue weighted by atomic mass is 31.2. The maximum Gasteiger partial charge on any atom is 0.472 e. The summed E-state index contributed by atoms with van der Waals surface area (Å²) in [6, 6.07) is 0. The number of quaternary nitrogens is 1. The molecule has 0 spiro atoms. The fourth-order valence-electron chi connectivity index (χ4n) is 5.80. The van der Waals surface area contributed by atoms with Gasteiger partial charge >= 0.3 is 19.8 Å². The van der Waals surface area contributed by atoms with Crippen LogP contribution in [0.2, 0.25) is 0 Å². The standard InChI is InChI=1S/C46H84NO8P/c1-6-8-10-12-14-16-18-20-22-23-25-26-28-30-32-34-36-38-45(48)52-42-44(43-54-56(50,51)53-41-40-47(3,4)5)55-46(49)39-37-35-33-31-29-27-24-21-19-17-15-13-11-9-7-2/h14,16,20,22,25-26,33,35,44H,6-13,15,17-19,21,23-24,27-32,34,36-43H2,1-5H3/p+1/b16-14+,22-20+,26-25+,35-33+/t44-/m1/s1. The summed E-state index contributed by atoms with van der Waals surface area (Å²) in [5.41, 5.74) is 0. The number of hydrogen-bond donors (Lipinski definition) is 1.